The summed E-state index contributed by atoms with van der Waals surface area (Å²) < 4.78 is 1.76. The lowest BCUT2D eigenvalue weighted by molar-refractivity contribution is 0.0998. The lowest BCUT2D eigenvalue weighted by atomic mass is 9.91. The molecule has 0 unspecified atom stereocenters. The average molecular weight is 287 g/mol. The van der Waals surface area contributed by atoms with Crippen LogP contribution in [0.3, 0.4) is 0 Å². The maximum absolute atomic E-state index is 11.8. The topological polar surface area (TPSA) is 62.5 Å². The first-order valence-electron chi connectivity index (χ1n) is 7.11. The SMILES string of the molecule is CC(C)[C@@H](O)[C@@H](C)c1cc(=O)c(O)cn1-c1ccccc1. The molecule has 1 aromatic carbocycles. The van der Waals surface area contributed by atoms with Crippen LogP contribution in [0.2, 0.25) is 0 Å². The van der Waals surface area contributed by atoms with Crippen molar-refractivity contribution in [2.75, 3.05) is 0 Å². The molecule has 4 heteroatoms. The number of pyridine rings is 1. The molecule has 21 heavy (non-hydrogen) atoms. The highest BCUT2D eigenvalue weighted by Crippen LogP contribution is 2.26. The number of para-hydroxylation sites is 1. The normalized spacial score (nSPS) is 14.1. The van der Waals surface area contributed by atoms with Gasteiger partial charge in [-0.25, -0.2) is 0 Å². The predicted molar refractivity (Wildman–Crippen MR) is 83.0 cm³/mol. The van der Waals surface area contributed by atoms with Crippen molar-refractivity contribution < 1.29 is 10.2 Å². The molecule has 1 heterocycles. The van der Waals surface area contributed by atoms with Gasteiger partial charge in [0.15, 0.2) is 5.75 Å². The second kappa shape index (κ2) is 6.14. The molecule has 4 nitrogen and oxygen atoms in total. The zero-order valence-corrected chi connectivity index (χ0v) is 12.5. The second-order valence-corrected chi connectivity index (χ2v) is 5.68. The van der Waals surface area contributed by atoms with Crippen molar-refractivity contribution in [2.45, 2.75) is 32.8 Å². The zero-order valence-electron chi connectivity index (χ0n) is 12.5. The molecule has 0 aliphatic rings. The number of rotatable bonds is 4. The summed E-state index contributed by atoms with van der Waals surface area (Å²) in [4.78, 5) is 11.8. The van der Waals surface area contributed by atoms with E-state index >= 15 is 0 Å². The van der Waals surface area contributed by atoms with Gasteiger partial charge < -0.3 is 14.8 Å². The van der Waals surface area contributed by atoms with Crippen LogP contribution in [-0.4, -0.2) is 20.9 Å². The van der Waals surface area contributed by atoms with Gasteiger partial charge in [0.25, 0.3) is 0 Å². The number of aromatic hydroxyl groups is 1. The first-order valence-corrected chi connectivity index (χ1v) is 7.11. The third kappa shape index (κ3) is 3.16. The Bertz CT molecular complexity index is 661. The monoisotopic (exact) mass is 287 g/mol. The van der Waals surface area contributed by atoms with Gasteiger partial charge in [-0.05, 0) is 18.1 Å². The highest BCUT2D eigenvalue weighted by molar-refractivity contribution is 5.38. The third-order valence-corrected chi connectivity index (χ3v) is 3.76. The number of hydrogen-bond donors (Lipinski definition) is 2. The second-order valence-electron chi connectivity index (χ2n) is 5.68. The number of aliphatic hydroxyl groups excluding tert-OH is 1. The van der Waals surface area contributed by atoms with Gasteiger partial charge in [-0.2, -0.15) is 0 Å². The lowest BCUT2D eigenvalue weighted by Crippen LogP contribution is -2.26. The smallest absolute Gasteiger partial charge is 0.223 e. The number of benzene rings is 1. The van der Waals surface area contributed by atoms with Crippen LogP contribution in [-0.2, 0) is 0 Å². The Hall–Kier alpha value is -2.07. The third-order valence-electron chi connectivity index (χ3n) is 3.76. The molecule has 0 spiro atoms. The van der Waals surface area contributed by atoms with Crippen LogP contribution in [0.5, 0.6) is 5.75 Å². The number of hydrogen-bond acceptors (Lipinski definition) is 3. The van der Waals surface area contributed by atoms with Crippen molar-refractivity contribution in [1.29, 1.82) is 0 Å². The summed E-state index contributed by atoms with van der Waals surface area (Å²) in [5.74, 6) is -0.444. The molecule has 0 saturated carbocycles. The maximum Gasteiger partial charge on any atom is 0.223 e. The number of nitrogens with zero attached hydrogens (tertiary/aromatic N) is 1. The summed E-state index contributed by atoms with van der Waals surface area (Å²) in [5, 5.41) is 20.0. The van der Waals surface area contributed by atoms with Crippen LogP contribution in [0.25, 0.3) is 5.69 Å². The Morgan fingerprint density at radius 2 is 1.71 bits per heavy atom. The Kier molecular flexibility index (Phi) is 4.48. The molecule has 0 saturated heterocycles. The molecule has 1 aromatic heterocycles. The van der Waals surface area contributed by atoms with Gasteiger partial charge in [0.2, 0.25) is 5.43 Å². The van der Waals surface area contributed by atoms with E-state index in [-0.39, 0.29) is 17.6 Å². The Balaban J connectivity index is 2.59. The quantitative estimate of drug-likeness (QED) is 0.908. The minimum atomic E-state index is -0.566. The minimum Gasteiger partial charge on any atom is -0.503 e. The van der Waals surface area contributed by atoms with Crippen LogP contribution in [0.1, 0.15) is 32.4 Å². The largest absolute Gasteiger partial charge is 0.503 e. The Morgan fingerprint density at radius 3 is 2.29 bits per heavy atom. The van der Waals surface area contributed by atoms with E-state index in [9.17, 15) is 15.0 Å². The Labute approximate surface area is 124 Å². The molecule has 0 fully saturated rings. The molecule has 2 aromatic rings. The van der Waals surface area contributed by atoms with E-state index in [1.165, 1.54) is 12.3 Å². The van der Waals surface area contributed by atoms with Crippen LogP contribution in [0.15, 0.2) is 47.4 Å². The van der Waals surface area contributed by atoms with E-state index in [0.29, 0.717) is 5.69 Å². The molecule has 112 valence electrons. The van der Waals surface area contributed by atoms with Crippen molar-refractivity contribution in [3.05, 3.63) is 58.5 Å². The van der Waals surface area contributed by atoms with Gasteiger partial charge in [0.05, 0.1) is 12.3 Å². The highest BCUT2D eigenvalue weighted by atomic mass is 16.3. The molecule has 0 aliphatic heterocycles. The van der Waals surface area contributed by atoms with Crippen molar-refractivity contribution in [3.8, 4) is 11.4 Å². The lowest BCUT2D eigenvalue weighted by Gasteiger charge is -2.25. The summed E-state index contributed by atoms with van der Waals surface area (Å²) in [6, 6.07) is 10.9. The van der Waals surface area contributed by atoms with Crippen LogP contribution < -0.4 is 5.43 Å². The molecule has 2 rings (SSSR count). The first-order chi connectivity index (χ1) is 9.91. The van der Waals surface area contributed by atoms with Gasteiger partial charge in [-0.1, -0.05) is 39.0 Å². The summed E-state index contributed by atoms with van der Waals surface area (Å²) in [6.07, 6.45) is 0.847. The fraction of sp³-hybridized carbons (Fsp3) is 0.353. The van der Waals surface area contributed by atoms with E-state index in [2.05, 4.69) is 0 Å². The molecular formula is C17H21NO3. The molecule has 0 aliphatic carbocycles. The highest BCUT2D eigenvalue weighted by Gasteiger charge is 2.23. The first kappa shape index (κ1) is 15.3. The summed E-state index contributed by atoms with van der Waals surface area (Å²) in [5.41, 5.74) is 1.09. The van der Waals surface area contributed by atoms with Crippen molar-refractivity contribution in [1.82, 2.24) is 4.57 Å². The van der Waals surface area contributed by atoms with E-state index in [4.69, 9.17) is 0 Å². The fourth-order valence-corrected chi connectivity index (χ4v) is 2.45. The number of aliphatic hydroxyl groups is 1. The van der Waals surface area contributed by atoms with E-state index in [1.54, 1.807) is 4.57 Å². The molecule has 2 N–H and O–H groups in total. The van der Waals surface area contributed by atoms with Crippen molar-refractivity contribution in [3.63, 3.8) is 0 Å². The summed E-state index contributed by atoms with van der Waals surface area (Å²) in [7, 11) is 0. The van der Waals surface area contributed by atoms with E-state index < -0.39 is 11.5 Å². The van der Waals surface area contributed by atoms with Gasteiger partial charge >= 0.3 is 0 Å². The maximum atomic E-state index is 11.8. The number of aromatic nitrogens is 1. The summed E-state index contributed by atoms with van der Waals surface area (Å²) in [6.45, 7) is 5.76. The van der Waals surface area contributed by atoms with Crippen molar-refractivity contribution >= 4 is 0 Å². The standard InChI is InChI=1S/C17H21NO3/c1-11(2)17(21)12(3)14-9-15(19)16(20)10-18(14)13-7-5-4-6-8-13/h4-12,17,20-21H,1-3H3/t12-,17+/m0/s1. The van der Waals surface area contributed by atoms with Crippen LogP contribution >= 0.6 is 0 Å². The van der Waals surface area contributed by atoms with Crippen LogP contribution in [0.4, 0.5) is 0 Å². The van der Waals surface area contributed by atoms with Gasteiger partial charge in [0, 0.05) is 23.4 Å². The fourth-order valence-electron chi connectivity index (χ4n) is 2.45. The molecule has 0 bridgehead atoms. The summed E-state index contributed by atoms with van der Waals surface area (Å²) >= 11 is 0. The Morgan fingerprint density at radius 1 is 1.10 bits per heavy atom. The van der Waals surface area contributed by atoms with Crippen LogP contribution in [0, 0.1) is 5.92 Å². The van der Waals surface area contributed by atoms with Gasteiger partial charge in [-0.15, -0.1) is 0 Å². The van der Waals surface area contributed by atoms with E-state index in [0.717, 1.165) is 5.69 Å². The molecule has 0 radical (unpaired) electrons. The minimum absolute atomic E-state index is 0.0770. The predicted octanol–water partition coefficient (Wildman–Crippen LogP) is 2.66. The molecular weight excluding hydrogens is 266 g/mol. The zero-order chi connectivity index (χ0) is 15.6. The molecule has 0 amide bonds. The van der Waals surface area contributed by atoms with Gasteiger partial charge in [0.1, 0.15) is 0 Å². The van der Waals surface area contributed by atoms with Crippen molar-refractivity contribution in [2.24, 2.45) is 5.92 Å². The van der Waals surface area contributed by atoms with E-state index in [1.807, 2.05) is 51.1 Å². The van der Waals surface area contributed by atoms with Gasteiger partial charge in [-0.3, -0.25) is 4.79 Å². The molecule has 2 atom stereocenters. The average Bonchev–Trinajstić information content (AvgIpc) is 2.48.